The van der Waals surface area contributed by atoms with Gasteiger partial charge in [0.25, 0.3) is 0 Å². The summed E-state index contributed by atoms with van der Waals surface area (Å²) in [5.74, 6) is 0. The smallest absolute Gasteiger partial charge is 0.0446 e. The predicted octanol–water partition coefficient (Wildman–Crippen LogP) is 0.831. The lowest BCUT2D eigenvalue weighted by molar-refractivity contribution is 0.166. The van der Waals surface area contributed by atoms with Crippen LogP contribution in [0, 0.1) is 0 Å². The molecule has 0 amide bonds. The molecule has 1 saturated heterocycles. The minimum atomic E-state index is 0.306. The molecule has 0 saturated carbocycles. The van der Waals surface area contributed by atoms with Crippen molar-refractivity contribution in [2.75, 3.05) is 26.2 Å². The van der Waals surface area contributed by atoms with Crippen molar-refractivity contribution in [3.63, 3.8) is 0 Å². The van der Waals surface area contributed by atoms with Crippen LogP contribution in [0.2, 0.25) is 0 Å². The highest BCUT2D eigenvalue weighted by Crippen LogP contribution is 2.10. The van der Waals surface area contributed by atoms with E-state index in [1.54, 1.807) is 0 Å². The maximum absolute atomic E-state index is 9.01. The second kappa shape index (κ2) is 6.38. The molecule has 0 bridgehead atoms. The van der Waals surface area contributed by atoms with Gasteiger partial charge >= 0.3 is 0 Å². The molecule has 3 heteroatoms. The molecule has 1 aliphatic rings. The lowest BCUT2D eigenvalue weighted by Gasteiger charge is -2.28. The first-order valence-electron chi connectivity index (χ1n) is 5.86. The Bertz CT molecular complexity index is 136. The molecule has 2 unspecified atom stereocenters. The number of aliphatic hydroxyl groups is 1. The van der Waals surface area contributed by atoms with Crippen LogP contribution in [0.25, 0.3) is 0 Å². The minimum absolute atomic E-state index is 0.306. The topological polar surface area (TPSA) is 35.5 Å². The van der Waals surface area contributed by atoms with Crippen molar-refractivity contribution in [3.8, 4) is 0 Å². The van der Waals surface area contributed by atoms with Crippen LogP contribution in [0.15, 0.2) is 0 Å². The normalized spacial score (nSPS) is 30.2. The largest absolute Gasteiger partial charge is 0.396 e. The monoisotopic (exact) mass is 200 g/mol. The summed E-state index contributed by atoms with van der Waals surface area (Å²) in [6.07, 6.45) is 3.33. The van der Waals surface area contributed by atoms with Crippen molar-refractivity contribution in [1.29, 1.82) is 0 Å². The Hall–Kier alpha value is -0.120. The highest BCUT2D eigenvalue weighted by atomic mass is 16.3. The first-order valence-corrected chi connectivity index (χ1v) is 5.86. The summed E-state index contributed by atoms with van der Waals surface area (Å²) in [7, 11) is 0. The molecule has 2 N–H and O–H groups in total. The van der Waals surface area contributed by atoms with E-state index in [0.717, 1.165) is 13.0 Å². The molecule has 1 fully saturated rings. The Kier molecular flexibility index (Phi) is 5.45. The number of rotatable bonds is 4. The average molecular weight is 200 g/mol. The molecule has 0 aromatic heterocycles. The number of nitrogens with one attached hydrogen (secondary N) is 1. The van der Waals surface area contributed by atoms with Gasteiger partial charge in [-0.05, 0) is 39.3 Å². The SMILES string of the molecule is CCCN1CCC(C)NCC1CCO. The van der Waals surface area contributed by atoms with E-state index in [-0.39, 0.29) is 0 Å². The second-order valence-electron chi connectivity index (χ2n) is 4.30. The van der Waals surface area contributed by atoms with Crippen LogP contribution >= 0.6 is 0 Å². The highest BCUT2D eigenvalue weighted by Gasteiger charge is 2.21. The molecule has 0 aromatic rings. The molecule has 0 spiro atoms. The molecule has 84 valence electrons. The first kappa shape index (κ1) is 12.0. The Balaban J connectivity index is 2.47. The number of hydrogen-bond donors (Lipinski definition) is 2. The van der Waals surface area contributed by atoms with Crippen molar-refractivity contribution in [2.45, 2.75) is 45.2 Å². The van der Waals surface area contributed by atoms with Crippen LogP contribution in [-0.4, -0.2) is 48.3 Å². The van der Waals surface area contributed by atoms with Crippen LogP contribution in [0.1, 0.15) is 33.1 Å². The summed E-state index contributed by atoms with van der Waals surface area (Å²) in [6.45, 7) is 8.14. The van der Waals surface area contributed by atoms with Gasteiger partial charge in [-0.15, -0.1) is 0 Å². The van der Waals surface area contributed by atoms with Gasteiger partial charge < -0.3 is 10.4 Å². The van der Waals surface area contributed by atoms with E-state index in [2.05, 4.69) is 24.1 Å². The molecular weight excluding hydrogens is 176 g/mol. The van der Waals surface area contributed by atoms with E-state index in [1.807, 2.05) is 0 Å². The Morgan fingerprint density at radius 3 is 2.93 bits per heavy atom. The standard InChI is InChI=1S/C11H24N2O/c1-3-6-13-7-4-10(2)12-9-11(13)5-8-14/h10-12,14H,3-9H2,1-2H3. The zero-order valence-corrected chi connectivity index (χ0v) is 9.50. The average Bonchev–Trinajstić information content (AvgIpc) is 2.33. The van der Waals surface area contributed by atoms with Gasteiger partial charge in [0.15, 0.2) is 0 Å². The summed E-state index contributed by atoms with van der Waals surface area (Å²) in [5.41, 5.74) is 0. The fourth-order valence-electron chi connectivity index (χ4n) is 2.13. The summed E-state index contributed by atoms with van der Waals surface area (Å²) < 4.78 is 0. The van der Waals surface area contributed by atoms with Gasteiger partial charge in [-0.25, -0.2) is 0 Å². The summed E-state index contributed by atoms with van der Waals surface area (Å²) in [5, 5.41) is 12.5. The highest BCUT2D eigenvalue weighted by molar-refractivity contribution is 4.80. The predicted molar refractivity (Wildman–Crippen MR) is 59.4 cm³/mol. The van der Waals surface area contributed by atoms with E-state index in [0.29, 0.717) is 18.7 Å². The molecule has 0 aliphatic carbocycles. The van der Waals surface area contributed by atoms with Gasteiger partial charge in [0.05, 0.1) is 0 Å². The second-order valence-corrected chi connectivity index (χ2v) is 4.30. The van der Waals surface area contributed by atoms with Crippen molar-refractivity contribution in [1.82, 2.24) is 10.2 Å². The molecular formula is C11H24N2O. The minimum Gasteiger partial charge on any atom is -0.396 e. The number of aliphatic hydroxyl groups excluding tert-OH is 1. The molecule has 1 aliphatic heterocycles. The van der Waals surface area contributed by atoms with Gasteiger partial charge in [-0.3, -0.25) is 4.90 Å². The van der Waals surface area contributed by atoms with E-state index < -0.39 is 0 Å². The number of nitrogens with zero attached hydrogens (tertiary/aromatic N) is 1. The Labute approximate surface area is 87.5 Å². The van der Waals surface area contributed by atoms with Crippen molar-refractivity contribution >= 4 is 0 Å². The molecule has 2 atom stereocenters. The van der Waals surface area contributed by atoms with Gasteiger partial charge in [0.1, 0.15) is 0 Å². The summed E-state index contributed by atoms with van der Waals surface area (Å²) in [4.78, 5) is 2.52. The third-order valence-corrected chi connectivity index (χ3v) is 3.04. The van der Waals surface area contributed by atoms with E-state index >= 15 is 0 Å². The van der Waals surface area contributed by atoms with Crippen LogP contribution in [-0.2, 0) is 0 Å². The van der Waals surface area contributed by atoms with Gasteiger partial charge in [-0.2, -0.15) is 0 Å². The fourth-order valence-corrected chi connectivity index (χ4v) is 2.13. The van der Waals surface area contributed by atoms with E-state index in [1.165, 1.54) is 25.9 Å². The molecule has 0 radical (unpaired) electrons. The quantitative estimate of drug-likeness (QED) is 0.705. The van der Waals surface area contributed by atoms with Crippen LogP contribution < -0.4 is 5.32 Å². The van der Waals surface area contributed by atoms with Crippen molar-refractivity contribution in [2.24, 2.45) is 0 Å². The first-order chi connectivity index (χ1) is 6.77. The maximum Gasteiger partial charge on any atom is 0.0446 e. The molecule has 1 rings (SSSR count). The van der Waals surface area contributed by atoms with E-state index in [9.17, 15) is 0 Å². The lowest BCUT2D eigenvalue weighted by Crippen LogP contribution is -2.41. The number of hydrogen-bond acceptors (Lipinski definition) is 3. The van der Waals surface area contributed by atoms with Crippen LogP contribution in [0.5, 0.6) is 0 Å². The maximum atomic E-state index is 9.01. The molecule has 3 nitrogen and oxygen atoms in total. The summed E-state index contributed by atoms with van der Waals surface area (Å²) >= 11 is 0. The summed E-state index contributed by atoms with van der Waals surface area (Å²) in [6, 6.07) is 1.16. The zero-order valence-electron chi connectivity index (χ0n) is 9.50. The van der Waals surface area contributed by atoms with Crippen molar-refractivity contribution in [3.05, 3.63) is 0 Å². The third-order valence-electron chi connectivity index (χ3n) is 3.04. The van der Waals surface area contributed by atoms with Crippen LogP contribution in [0.3, 0.4) is 0 Å². The molecule has 1 heterocycles. The lowest BCUT2D eigenvalue weighted by atomic mass is 10.1. The third kappa shape index (κ3) is 3.56. The van der Waals surface area contributed by atoms with Gasteiger partial charge in [0, 0.05) is 25.2 Å². The van der Waals surface area contributed by atoms with Gasteiger partial charge in [0.2, 0.25) is 0 Å². The van der Waals surface area contributed by atoms with E-state index in [4.69, 9.17) is 5.11 Å². The molecule has 14 heavy (non-hydrogen) atoms. The van der Waals surface area contributed by atoms with Crippen molar-refractivity contribution < 1.29 is 5.11 Å². The van der Waals surface area contributed by atoms with Crippen LogP contribution in [0.4, 0.5) is 0 Å². The Morgan fingerprint density at radius 1 is 1.50 bits per heavy atom. The fraction of sp³-hybridized carbons (Fsp3) is 1.00. The molecule has 0 aromatic carbocycles. The Morgan fingerprint density at radius 2 is 2.29 bits per heavy atom. The zero-order chi connectivity index (χ0) is 10.4. The van der Waals surface area contributed by atoms with Gasteiger partial charge in [-0.1, -0.05) is 6.92 Å².